The summed E-state index contributed by atoms with van der Waals surface area (Å²) >= 11 is 0. The highest BCUT2D eigenvalue weighted by Gasteiger charge is 2.20. The van der Waals surface area contributed by atoms with Crippen molar-refractivity contribution >= 4 is 5.97 Å². The number of hydrogen-bond donors (Lipinski definition) is 1. The largest absolute Gasteiger partial charge is 0.468 e. The molecule has 0 aliphatic carbocycles. The SMILES string of the molecule is CCNC(CN(C)CC(C)CC)C(=O)OC. The molecule has 0 aromatic carbocycles. The molecule has 0 spiro atoms. The highest BCUT2D eigenvalue weighted by Crippen LogP contribution is 2.03. The van der Waals surface area contributed by atoms with Crippen molar-refractivity contribution in [1.29, 1.82) is 0 Å². The summed E-state index contributed by atoms with van der Waals surface area (Å²) in [5.74, 6) is 0.475. The molecule has 4 heteroatoms. The first-order chi connectivity index (χ1) is 7.54. The van der Waals surface area contributed by atoms with E-state index < -0.39 is 0 Å². The number of esters is 1. The third kappa shape index (κ3) is 6.08. The zero-order valence-corrected chi connectivity index (χ0v) is 11.2. The van der Waals surface area contributed by atoms with E-state index in [0.717, 1.165) is 19.5 Å². The number of nitrogens with zero attached hydrogens (tertiary/aromatic N) is 1. The molecule has 96 valence electrons. The van der Waals surface area contributed by atoms with Crippen LogP contribution in [-0.4, -0.2) is 50.7 Å². The van der Waals surface area contributed by atoms with Gasteiger partial charge in [0.15, 0.2) is 0 Å². The first-order valence-electron chi connectivity index (χ1n) is 6.04. The molecule has 0 saturated heterocycles. The van der Waals surface area contributed by atoms with Crippen LogP contribution in [0.2, 0.25) is 0 Å². The van der Waals surface area contributed by atoms with Gasteiger partial charge in [-0.2, -0.15) is 0 Å². The second-order valence-electron chi connectivity index (χ2n) is 4.37. The van der Waals surface area contributed by atoms with Crippen LogP contribution < -0.4 is 5.32 Å². The summed E-state index contributed by atoms with van der Waals surface area (Å²) in [5, 5.41) is 3.14. The van der Waals surface area contributed by atoms with Gasteiger partial charge in [0.1, 0.15) is 6.04 Å². The van der Waals surface area contributed by atoms with Crippen LogP contribution in [-0.2, 0) is 9.53 Å². The Morgan fingerprint density at radius 1 is 1.38 bits per heavy atom. The van der Waals surface area contributed by atoms with E-state index in [0.29, 0.717) is 12.5 Å². The maximum Gasteiger partial charge on any atom is 0.324 e. The molecule has 0 aromatic rings. The zero-order chi connectivity index (χ0) is 12.6. The van der Waals surface area contributed by atoms with E-state index in [1.807, 2.05) is 14.0 Å². The minimum absolute atomic E-state index is 0.183. The summed E-state index contributed by atoms with van der Waals surface area (Å²) in [4.78, 5) is 13.7. The van der Waals surface area contributed by atoms with E-state index in [9.17, 15) is 4.79 Å². The molecule has 4 nitrogen and oxygen atoms in total. The van der Waals surface area contributed by atoms with E-state index >= 15 is 0 Å². The van der Waals surface area contributed by atoms with Gasteiger partial charge in [-0.1, -0.05) is 27.2 Å². The first-order valence-corrected chi connectivity index (χ1v) is 6.04. The molecule has 2 atom stereocenters. The number of nitrogens with one attached hydrogen (secondary N) is 1. The quantitative estimate of drug-likeness (QED) is 0.634. The lowest BCUT2D eigenvalue weighted by Gasteiger charge is -2.25. The van der Waals surface area contributed by atoms with Crippen molar-refractivity contribution in [2.24, 2.45) is 5.92 Å². The van der Waals surface area contributed by atoms with Gasteiger partial charge in [-0.15, -0.1) is 0 Å². The number of methoxy groups -OCH3 is 1. The normalized spacial score (nSPS) is 14.9. The Morgan fingerprint density at radius 3 is 2.44 bits per heavy atom. The van der Waals surface area contributed by atoms with Gasteiger partial charge in [-0.05, 0) is 19.5 Å². The van der Waals surface area contributed by atoms with E-state index in [4.69, 9.17) is 4.74 Å². The number of likely N-dealkylation sites (N-methyl/N-ethyl adjacent to an activating group) is 2. The highest BCUT2D eigenvalue weighted by atomic mass is 16.5. The van der Waals surface area contributed by atoms with Crippen LogP contribution in [0, 0.1) is 5.92 Å². The molecule has 0 fully saturated rings. The molecule has 0 heterocycles. The maximum absolute atomic E-state index is 11.5. The fourth-order valence-corrected chi connectivity index (χ4v) is 1.66. The topological polar surface area (TPSA) is 41.6 Å². The summed E-state index contributed by atoms with van der Waals surface area (Å²) in [5.41, 5.74) is 0. The molecule has 2 unspecified atom stereocenters. The van der Waals surface area contributed by atoms with Crippen molar-refractivity contribution in [3.8, 4) is 0 Å². The smallest absolute Gasteiger partial charge is 0.324 e. The highest BCUT2D eigenvalue weighted by molar-refractivity contribution is 5.75. The average Bonchev–Trinajstić information content (AvgIpc) is 2.27. The predicted molar refractivity (Wildman–Crippen MR) is 66.4 cm³/mol. The third-order valence-corrected chi connectivity index (χ3v) is 2.75. The molecule has 0 aromatic heterocycles. The summed E-state index contributed by atoms with van der Waals surface area (Å²) in [6.07, 6.45) is 1.16. The molecular formula is C12H26N2O2. The van der Waals surface area contributed by atoms with Crippen molar-refractivity contribution in [3.05, 3.63) is 0 Å². The van der Waals surface area contributed by atoms with Gasteiger partial charge in [-0.3, -0.25) is 4.79 Å². The number of rotatable bonds is 8. The minimum atomic E-state index is -0.218. The van der Waals surface area contributed by atoms with Gasteiger partial charge in [0.25, 0.3) is 0 Å². The van der Waals surface area contributed by atoms with Crippen molar-refractivity contribution in [3.63, 3.8) is 0 Å². The van der Waals surface area contributed by atoms with Crippen molar-refractivity contribution in [1.82, 2.24) is 10.2 Å². The number of hydrogen-bond acceptors (Lipinski definition) is 4. The van der Waals surface area contributed by atoms with Crippen molar-refractivity contribution in [2.45, 2.75) is 33.2 Å². The number of carbonyl (C=O) groups is 1. The summed E-state index contributed by atoms with van der Waals surface area (Å²) < 4.78 is 4.77. The summed E-state index contributed by atoms with van der Waals surface area (Å²) in [6.45, 7) is 8.87. The molecule has 0 bridgehead atoms. The van der Waals surface area contributed by atoms with Crippen LogP contribution in [0.5, 0.6) is 0 Å². The lowest BCUT2D eigenvalue weighted by atomic mass is 10.1. The van der Waals surface area contributed by atoms with E-state index in [-0.39, 0.29) is 12.0 Å². The van der Waals surface area contributed by atoms with Crippen LogP contribution in [0.3, 0.4) is 0 Å². The Bertz CT molecular complexity index is 197. The lowest BCUT2D eigenvalue weighted by molar-refractivity contribution is -0.143. The standard InChI is InChI=1S/C12H26N2O2/c1-6-10(3)8-14(4)9-11(13-7-2)12(15)16-5/h10-11,13H,6-9H2,1-5H3. The molecule has 0 rings (SSSR count). The van der Waals surface area contributed by atoms with Crippen molar-refractivity contribution in [2.75, 3.05) is 33.8 Å². The molecule has 0 amide bonds. The molecule has 1 N–H and O–H groups in total. The second kappa shape index (κ2) is 8.53. The first kappa shape index (κ1) is 15.4. The Balaban J connectivity index is 4.11. The Labute approximate surface area is 99.3 Å². The zero-order valence-electron chi connectivity index (χ0n) is 11.2. The van der Waals surface area contributed by atoms with Gasteiger partial charge in [-0.25, -0.2) is 0 Å². The van der Waals surface area contributed by atoms with Crippen LogP contribution >= 0.6 is 0 Å². The summed E-state index contributed by atoms with van der Waals surface area (Å²) in [6, 6.07) is -0.218. The fraction of sp³-hybridized carbons (Fsp3) is 0.917. The van der Waals surface area contributed by atoms with Gasteiger partial charge >= 0.3 is 5.97 Å². The molecule has 16 heavy (non-hydrogen) atoms. The molecule has 0 radical (unpaired) electrons. The van der Waals surface area contributed by atoms with Crippen LogP contribution in [0.15, 0.2) is 0 Å². The van der Waals surface area contributed by atoms with Crippen LogP contribution in [0.1, 0.15) is 27.2 Å². The monoisotopic (exact) mass is 230 g/mol. The summed E-state index contributed by atoms with van der Waals surface area (Å²) in [7, 11) is 3.47. The van der Waals surface area contributed by atoms with Gasteiger partial charge in [0.05, 0.1) is 7.11 Å². The van der Waals surface area contributed by atoms with Gasteiger partial charge < -0.3 is 15.0 Å². The lowest BCUT2D eigenvalue weighted by Crippen LogP contribution is -2.46. The van der Waals surface area contributed by atoms with Crippen LogP contribution in [0.4, 0.5) is 0 Å². The fourth-order valence-electron chi connectivity index (χ4n) is 1.66. The Morgan fingerprint density at radius 2 is 2.00 bits per heavy atom. The molecular weight excluding hydrogens is 204 g/mol. The predicted octanol–water partition coefficient (Wildman–Crippen LogP) is 1.12. The van der Waals surface area contributed by atoms with E-state index in [1.165, 1.54) is 7.11 Å². The molecule has 0 saturated carbocycles. The van der Waals surface area contributed by atoms with Crippen LogP contribution in [0.25, 0.3) is 0 Å². The van der Waals surface area contributed by atoms with E-state index in [1.54, 1.807) is 0 Å². The van der Waals surface area contributed by atoms with Gasteiger partial charge in [0.2, 0.25) is 0 Å². The minimum Gasteiger partial charge on any atom is -0.468 e. The van der Waals surface area contributed by atoms with Crippen molar-refractivity contribution < 1.29 is 9.53 Å². The molecule has 0 aliphatic heterocycles. The van der Waals surface area contributed by atoms with E-state index in [2.05, 4.69) is 24.1 Å². The number of carbonyl (C=O) groups excluding carboxylic acids is 1. The average molecular weight is 230 g/mol. The third-order valence-electron chi connectivity index (χ3n) is 2.75. The second-order valence-corrected chi connectivity index (χ2v) is 4.37. The maximum atomic E-state index is 11.5. The number of ether oxygens (including phenoxy) is 1. The Kier molecular flexibility index (Phi) is 8.21. The Hall–Kier alpha value is -0.610. The molecule has 0 aliphatic rings. The van der Waals surface area contributed by atoms with Gasteiger partial charge in [0, 0.05) is 13.1 Å².